The minimum atomic E-state index is -0.255. The van der Waals surface area contributed by atoms with Crippen LogP contribution in [-0.2, 0) is 5.75 Å². The molecule has 0 bridgehead atoms. The highest BCUT2D eigenvalue weighted by atomic mass is 32.2. The van der Waals surface area contributed by atoms with Crippen LogP contribution in [0.1, 0.15) is 47.9 Å². The predicted octanol–water partition coefficient (Wildman–Crippen LogP) is 3.37. The Kier molecular flexibility index (Phi) is 7.18. The van der Waals surface area contributed by atoms with Gasteiger partial charge in [-0.3, -0.25) is 4.79 Å². The van der Waals surface area contributed by atoms with E-state index in [0.29, 0.717) is 17.9 Å². The number of hydrogen-bond donors (Lipinski definition) is 2. The highest BCUT2D eigenvalue weighted by Crippen LogP contribution is 2.16. The summed E-state index contributed by atoms with van der Waals surface area (Å²) < 4.78 is 13.5. The number of benzene rings is 1. The molecule has 3 N–H and O–H groups in total. The van der Waals surface area contributed by atoms with Crippen LogP contribution in [0.25, 0.3) is 0 Å². The Morgan fingerprint density at radius 1 is 1.32 bits per heavy atom. The summed E-state index contributed by atoms with van der Waals surface area (Å²) in [5.41, 5.74) is 7.40. The van der Waals surface area contributed by atoms with Gasteiger partial charge in [-0.1, -0.05) is 32.0 Å². The molecular weight excluding hydrogens is 339 g/mol. The Hall–Kier alpha value is -2.15. The lowest BCUT2D eigenvalue weighted by Crippen LogP contribution is -2.26. The summed E-state index contributed by atoms with van der Waals surface area (Å²) in [6.07, 6.45) is 0.794. The van der Waals surface area contributed by atoms with E-state index in [-0.39, 0.29) is 29.3 Å². The molecule has 134 valence electrons. The minimum Gasteiger partial charge on any atom is -0.368 e. The van der Waals surface area contributed by atoms with Crippen LogP contribution in [0.5, 0.6) is 0 Å². The van der Waals surface area contributed by atoms with Gasteiger partial charge in [0.2, 0.25) is 5.95 Å². The van der Waals surface area contributed by atoms with Crippen molar-refractivity contribution in [3.8, 4) is 0 Å². The van der Waals surface area contributed by atoms with Gasteiger partial charge in [-0.05, 0) is 35.8 Å². The number of thioether (sulfide) groups is 1. The van der Waals surface area contributed by atoms with E-state index in [0.717, 1.165) is 17.9 Å². The third-order valence-electron chi connectivity index (χ3n) is 3.55. The van der Waals surface area contributed by atoms with E-state index < -0.39 is 0 Å². The largest absolute Gasteiger partial charge is 0.368 e. The van der Waals surface area contributed by atoms with Gasteiger partial charge in [-0.25, -0.2) is 14.4 Å². The van der Waals surface area contributed by atoms with Crippen LogP contribution in [-0.4, -0.2) is 28.2 Å². The molecule has 0 saturated carbocycles. The van der Waals surface area contributed by atoms with Gasteiger partial charge in [0.05, 0.1) is 0 Å². The zero-order valence-electron chi connectivity index (χ0n) is 14.5. The average molecular weight is 362 g/mol. The van der Waals surface area contributed by atoms with Crippen molar-refractivity contribution in [1.29, 1.82) is 0 Å². The molecule has 1 heterocycles. The van der Waals surface area contributed by atoms with Crippen molar-refractivity contribution in [3.63, 3.8) is 0 Å². The Labute approximate surface area is 151 Å². The SMILES string of the molecule is CC(C)c1cc(C(=O)NCCCSCc2ccccc2F)nc(N)n1. The molecule has 0 aliphatic carbocycles. The lowest BCUT2D eigenvalue weighted by Gasteiger charge is -2.09. The zero-order chi connectivity index (χ0) is 18.2. The van der Waals surface area contributed by atoms with E-state index in [1.165, 1.54) is 6.07 Å². The Morgan fingerprint density at radius 2 is 2.08 bits per heavy atom. The Morgan fingerprint density at radius 3 is 2.80 bits per heavy atom. The lowest BCUT2D eigenvalue weighted by molar-refractivity contribution is 0.0948. The molecule has 1 amide bonds. The molecule has 0 unspecified atom stereocenters. The first-order chi connectivity index (χ1) is 12.0. The topological polar surface area (TPSA) is 80.9 Å². The van der Waals surface area contributed by atoms with Gasteiger partial charge in [0.25, 0.3) is 5.91 Å². The number of carbonyl (C=O) groups excluding carboxylic acids is 1. The maximum Gasteiger partial charge on any atom is 0.270 e. The number of nitrogens with two attached hydrogens (primary N) is 1. The molecule has 0 aliphatic heterocycles. The van der Waals surface area contributed by atoms with Gasteiger partial charge in [0.15, 0.2) is 0 Å². The maximum absolute atomic E-state index is 13.5. The van der Waals surface area contributed by atoms with Crippen molar-refractivity contribution in [3.05, 3.63) is 53.1 Å². The van der Waals surface area contributed by atoms with Crippen LogP contribution in [0.15, 0.2) is 30.3 Å². The van der Waals surface area contributed by atoms with Crippen LogP contribution in [0.4, 0.5) is 10.3 Å². The van der Waals surface area contributed by atoms with Crippen molar-refractivity contribution in [1.82, 2.24) is 15.3 Å². The molecule has 1 aromatic carbocycles. The quantitative estimate of drug-likeness (QED) is 0.704. The second-order valence-corrected chi connectivity index (χ2v) is 7.05. The molecule has 0 saturated heterocycles. The van der Waals surface area contributed by atoms with Gasteiger partial charge in [0.1, 0.15) is 11.5 Å². The Balaban J connectivity index is 1.73. The number of nitrogens with zero attached hydrogens (tertiary/aromatic N) is 2. The number of amides is 1. The number of carbonyl (C=O) groups is 1. The number of nitrogen functional groups attached to an aromatic ring is 1. The second-order valence-electron chi connectivity index (χ2n) is 5.94. The van der Waals surface area contributed by atoms with Crippen molar-refractivity contribution in [2.75, 3.05) is 18.0 Å². The van der Waals surface area contributed by atoms with Crippen molar-refractivity contribution >= 4 is 23.6 Å². The molecule has 2 aromatic rings. The molecule has 0 radical (unpaired) electrons. The maximum atomic E-state index is 13.5. The predicted molar refractivity (Wildman–Crippen MR) is 100 cm³/mol. The molecule has 0 aliphatic rings. The summed E-state index contributed by atoms with van der Waals surface area (Å²) >= 11 is 1.64. The van der Waals surface area contributed by atoms with Gasteiger partial charge in [-0.15, -0.1) is 0 Å². The van der Waals surface area contributed by atoms with Crippen LogP contribution in [0.3, 0.4) is 0 Å². The molecule has 5 nitrogen and oxygen atoms in total. The number of hydrogen-bond acceptors (Lipinski definition) is 5. The number of nitrogens with one attached hydrogen (secondary N) is 1. The molecule has 1 aromatic heterocycles. The summed E-state index contributed by atoms with van der Waals surface area (Å²) in [6, 6.07) is 8.44. The summed E-state index contributed by atoms with van der Waals surface area (Å²) in [6.45, 7) is 4.50. The van der Waals surface area contributed by atoms with E-state index in [9.17, 15) is 9.18 Å². The first kappa shape index (κ1) is 19.2. The van der Waals surface area contributed by atoms with E-state index in [2.05, 4.69) is 15.3 Å². The van der Waals surface area contributed by atoms with E-state index in [1.54, 1.807) is 30.0 Å². The van der Waals surface area contributed by atoms with E-state index in [4.69, 9.17) is 5.73 Å². The molecule has 2 rings (SSSR count). The minimum absolute atomic E-state index is 0.108. The molecule has 0 fully saturated rings. The Bertz CT molecular complexity index is 724. The van der Waals surface area contributed by atoms with Crippen molar-refractivity contribution in [2.45, 2.75) is 31.9 Å². The molecule has 7 heteroatoms. The van der Waals surface area contributed by atoms with Crippen molar-refractivity contribution in [2.24, 2.45) is 0 Å². The first-order valence-corrected chi connectivity index (χ1v) is 9.36. The van der Waals surface area contributed by atoms with Gasteiger partial charge in [0, 0.05) is 18.0 Å². The van der Waals surface area contributed by atoms with Crippen LogP contribution in [0, 0.1) is 5.82 Å². The normalized spacial score (nSPS) is 10.9. The van der Waals surface area contributed by atoms with Gasteiger partial charge in [-0.2, -0.15) is 11.8 Å². The number of rotatable bonds is 8. The third-order valence-corrected chi connectivity index (χ3v) is 4.65. The second kappa shape index (κ2) is 9.36. The summed E-state index contributed by atoms with van der Waals surface area (Å²) in [5.74, 6) is 1.31. The monoisotopic (exact) mass is 362 g/mol. The standard InChI is InChI=1S/C18H23FN4OS/c1-12(2)15-10-16(23-18(20)22-15)17(24)21-8-5-9-25-11-13-6-3-4-7-14(13)19/h3-4,6-7,10,12H,5,8-9,11H2,1-2H3,(H,21,24)(H2,20,22,23). The zero-order valence-corrected chi connectivity index (χ0v) is 15.3. The lowest BCUT2D eigenvalue weighted by atomic mass is 10.1. The fourth-order valence-corrected chi connectivity index (χ4v) is 3.11. The number of anilines is 1. The van der Waals surface area contributed by atoms with E-state index in [1.807, 2.05) is 19.9 Å². The smallest absolute Gasteiger partial charge is 0.270 e. The van der Waals surface area contributed by atoms with Crippen LogP contribution < -0.4 is 11.1 Å². The molecule has 0 atom stereocenters. The van der Waals surface area contributed by atoms with Gasteiger partial charge < -0.3 is 11.1 Å². The number of aromatic nitrogens is 2. The van der Waals surface area contributed by atoms with Gasteiger partial charge >= 0.3 is 0 Å². The molecular formula is C18H23FN4OS. The summed E-state index contributed by atoms with van der Waals surface area (Å²) in [5, 5.41) is 2.83. The molecule has 0 spiro atoms. The summed E-state index contributed by atoms with van der Waals surface area (Å²) in [7, 11) is 0. The number of halogens is 1. The van der Waals surface area contributed by atoms with Crippen molar-refractivity contribution < 1.29 is 9.18 Å². The summed E-state index contributed by atoms with van der Waals surface area (Å²) in [4.78, 5) is 20.3. The average Bonchev–Trinajstić information content (AvgIpc) is 2.58. The third kappa shape index (κ3) is 6.01. The molecule has 25 heavy (non-hydrogen) atoms. The highest BCUT2D eigenvalue weighted by molar-refractivity contribution is 7.98. The van der Waals surface area contributed by atoms with Crippen LogP contribution in [0.2, 0.25) is 0 Å². The van der Waals surface area contributed by atoms with Crippen LogP contribution >= 0.6 is 11.8 Å². The fraction of sp³-hybridized carbons (Fsp3) is 0.389. The highest BCUT2D eigenvalue weighted by Gasteiger charge is 2.12. The first-order valence-electron chi connectivity index (χ1n) is 8.21. The van der Waals surface area contributed by atoms with E-state index >= 15 is 0 Å². The fourth-order valence-electron chi connectivity index (χ4n) is 2.16.